The highest BCUT2D eigenvalue weighted by Gasteiger charge is 2.26. The number of hydrogen-bond acceptors (Lipinski definition) is 6. The Morgan fingerprint density at radius 3 is 2.48 bits per heavy atom. The molecule has 0 heterocycles. The molecule has 0 saturated heterocycles. The largest absolute Gasteiger partial charge is 0.490 e. The van der Waals surface area contributed by atoms with Crippen LogP contribution in [0.3, 0.4) is 0 Å². The summed E-state index contributed by atoms with van der Waals surface area (Å²) in [5.74, 6) is -2.29. The molecule has 1 rings (SSSR count). The summed E-state index contributed by atoms with van der Waals surface area (Å²) in [5, 5.41) is 31.1. The van der Waals surface area contributed by atoms with Crippen molar-refractivity contribution in [1.82, 2.24) is 5.32 Å². The third kappa shape index (κ3) is 3.89. The van der Waals surface area contributed by atoms with E-state index in [0.717, 1.165) is 6.07 Å². The van der Waals surface area contributed by atoms with Crippen molar-refractivity contribution < 1.29 is 29.5 Å². The molecule has 9 nitrogen and oxygen atoms in total. The summed E-state index contributed by atoms with van der Waals surface area (Å²) in [7, 11) is 1.25. The second-order valence-corrected chi connectivity index (χ2v) is 4.17. The van der Waals surface area contributed by atoms with Crippen LogP contribution in [0.1, 0.15) is 17.3 Å². The summed E-state index contributed by atoms with van der Waals surface area (Å²) >= 11 is 0. The van der Waals surface area contributed by atoms with Crippen LogP contribution in [0.4, 0.5) is 5.69 Å². The van der Waals surface area contributed by atoms with Crippen molar-refractivity contribution in [1.29, 1.82) is 0 Å². The van der Waals surface area contributed by atoms with E-state index >= 15 is 0 Å². The van der Waals surface area contributed by atoms with Gasteiger partial charge in [0, 0.05) is 11.6 Å². The first-order chi connectivity index (χ1) is 9.77. The third-order valence-corrected chi connectivity index (χ3v) is 2.67. The molecule has 0 aliphatic heterocycles. The fraction of sp³-hybridized carbons (Fsp3) is 0.333. The number of aliphatic hydroxyl groups is 1. The van der Waals surface area contributed by atoms with Gasteiger partial charge >= 0.3 is 11.7 Å². The Kier molecular flexibility index (Phi) is 5.19. The molecule has 1 amide bonds. The molecule has 0 saturated carbocycles. The van der Waals surface area contributed by atoms with Gasteiger partial charge in [0.1, 0.15) is 0 Å². The van der Waals surface area contributed by atoms with Crippen LogP contribution in [0.5, 0.6) is 5.75 Å². The minimum atomic E-state index is -1.52. The Hall–Kier alpha value is -2.68. The number of nitrogens with one attached hydrogen (secondary N) is 1. The average Bonchev–Trinajstić information content (AvgIpc) is 2.42. The average molecular weight is 298 g/mol. The van der Waals surface area contributed by atoms with Crippen LogP contribution in [0, 0.1) is 10.1 Å². The lowest BCUT2D eigenvalue weighted by molar-refractivity contribution is -0.385. The lowest BCUT2D eigenvalue weighted by Gasteiger charge is -2.17. The normalized spacial score (nSPS) is 13.1. The van der Waals surface area contributed by atoms with E-state index in [2.05, 4.69) is 5.32 Å². The number of rotatable bonds is 6. The molecule has 0 radical (unpaired) electrons. The number of benzene rings is 1. The molecule has 21 heavy (non-hydrogen) atoms. The molecule has 1 aromatic carbocycles. The maximum Gasteiger partial charge on any atom is 0.328 e. The molecular formula is C12H14N2O7. The molecule has 114 valence electrons. The second-order valence-electron chi connectivity index (χ2n) is 4.17. The van der Waals surface area contributed by atoms with Crippen LogP contribution < -0.4 is 10.1 Å². The van der Waals surface area contributed by atoms with Crippen molar-refractivity contribution >= 4 is 17.6 Å². The number of carbonyl (C=O) groups is 2. The van der Waals surface area contributed by atoms with Crippen molar-refractivity contribution in [3.05, 3.63) is 33.9 Å². The number of aliphatic carboxylic acids is 1. The number of hydrogen-bond donors (Lipinski definition) is 3. The summed E-state index contributed by atoms with van der Waals surface area (Å²) in [6, 6.07) is 1.93. The number of carboxylic acids is 1. The molecular weight excluding hydrogens is 284 g/mol. The van der Waals surface area contributed by atoms with E-state index in [1.54, 1.807) is 0 Å². The molecule has 0 fully saturated rings. The molecule has 2 unspecified atom stereocenters. The molecule has 2 atom stereocenters. The number of methoxy groups -OCH3 is 1. The number of carboxylic acid groups (broad SMARTS) is 1. The van der Waals surface area contributed by atoms with Gasteiger partial charge in [0.15, 0.2) is 11.8 Å². The Morgan fingerprint density at radius 1 is 1.43 bits per heavy atom. The van der Waals surface area contributed by atoms with Gasteiger partial charge in [0.2, 0.25) is 0 Å². The van der Waals surface area contributed by atoms with E-state index in [9.17, 15) is 24.8 Å². The Balaban J connectivity index is 3.05. The SMILES string of the molecule is COc1ccc(C(=O)NC(C(=O)O)C(C)O)cc1[N+](=O)[O-]. The van der Waals surface area contributed by atoms with Gasteiger partial charge in [-0.3, -0.25) is 14.9 Å². The molecule has 9 heteroatoms. The van der Waals surface area contributed by atoms with Gasteiger partial charge in [-0.25, -0.2) is 4.79 Å². The van der Waals surface area contributed by atoms with E-state index < -0.39 is 34.6 Å². The fourth-order valence-corrected chi connectivity index (χ4v) is 1.59. The van der Waals surface area contributed by atoms with Crippen LogP contribution in [0.25, 0.3) is 0 Å². The molecule has 0 aliphatic rings. The first kappa shape index (κ1) is 16.4. The fourth-order valence-electron chi connectivity index (χ4n) is 1.59. The quantitative estimate of drug-likeness (QED) is 0.502. The van der Waals surface area contributed by atoms with Crippen molar-refractivity contribution in [2.45, 2.75) is 19.1 Å². The van der Waals surface area contributed by atoms with Gasteiger partial charge in [0.25, 0.3) is 5.91 Å². The van der Waals surface area contributed by atoms with E-state index in [-0.39, 0.29) is 11.3 Å². The first-order valence-corrected chi connectivity index (χ1v) is 5.82. The number of aliphatic hydroxyl groups excluding tert-OH is 1. The maximum atomic E-state index is 11.9. The van der Waals surface area contributed by atoms with Crippen LogP contribution >= 0.6 is 0 Å². The molecule has 3 N–H and O–H groups in total. The smallest absolute Gasteiger partial charge is 0.328 e. The topological polar surface area (TPSA) is 139 Å². The molecule has 0 spiro atoms. The number of nitrogens with zero attached hydrogens (tertiary/aromatic N) is 1. The van der Waals surface area contributed by atoms with Gasteiger partial charge in [-0.05, 0) is 19.1 Å². The van der Waals surface area contributed by atoms with Gasteiger partial charge < -0.3 is 20.3 Å². The Morgan fingerprint density at radius 2 is 2.05 bits per heavy atom. The van der Waals surface area contributed by atoms with E-state index in [1.165, 1.54) is 26.2 Å². The zero-order chi connectivity index (χ0) is 16.2. The summed E-state index contributed by atoms with van der Waals surface area (Å²) in [6.45, 7) is 1.20. The van der Waals surface area contributed by atoms with Gasteiger partial charge in [-0.15, -0.1) is 0 Å². The summed E-state index contributed by atoms with van der Waals surface area (Å²) in [6.07, 6.45) is -1.32. The number of amides is 1. The summed E-state index contributed by atoms with van der Waals surface area (Å²) in [5.41, 5.74) is -0.538. The van der Waals surface area contributed by atoms with Gasteiger partial charge in [-0.1, -0.05) is 0 Å². The van der Waals surface area contributed by atoms with E-state index in [4.69, 9.17) is 9.84 Å². The predicted octanol–water partition coefficient (Wildman–Crippen LogP) is 0.167. The van der Waals surface area contributed by atoms with E-state index in [1.807, 2.05) is 0 Å². The summed E-state index contributed by atoms with van der Waals surface area (Å²) < 4.78 is 4.79. The second kappa shape index (κ2) is 6.66. The zero-order valence-corrected chi connectivity index (χ0v) is 11.3. The maximum absolute atomic E-state index is 11.9. The Bertz CT molecular complexity index is 571. The zero-order valence-electron chi connectivity index (χ0n) is 11.3. The molecule has 0 aromatic heterocycles. The highest BCUT2D eigenvalue weighted by atomic mass is 16.6. The van der Waals surface area contributed by atoms with Crippen molar-refractivity contribution in [2.24, 2.45) is 0 Å². The van der Waals surface area contributed by atoms with Crippen LogP contribution in [0.15, 0.2) is 18.2 Å². The highest BCUT2D eigenvalue weighted by molar-refractivity contribution is 5.97. The minimum absolute atomic E-state index is 0.0261. The third-order valence-electron chi connectivity index (χ3n) is 2.67. The number of carbonyl (C=O) groups excluding carboxylic acids is 1. The van der Waals surface area contributed by atoms with Crippen molar-refractivity contribution in [2.75, 3.05) is 7.11 Å². The van der Waals surface area contributed by atoms with Crippen LogP contribution in [0.2, 0.25) is 0 Å². The molecule has 1 aromatic rings. The number of nitro benzene ring substituents is 1. The minimum Gasteiger partial charge on any atom is -0.490 e. The number of ether oxygens (including phenoxy) is 1. The van der Waals surface area contributed by atoms with Gasteiger partial charge in [-0.2, -0.15) is 0 Å². The van der Waals surface area contributed by atoms with Crippen LogP contribution in [-0.4, -0.2) is 46.3 Å². The first-order valence-electron chi connectivity index (χ1n) is 5.82. The predicted molar refractivity (Wildman–Crippen MR) is 70.2 cm³/mol. The lowest BCUT2D eigenvalue weighted by atomic mass is 10.1. The van der Waals surface area contributed by atoms with E-state index in [0.29, 0.717) is 0 Å². The standard InChI is InChI=1S/C12H14N2O7/c1-6(15)10(12(17)18)13-11(16)7-3-4-9(21-2)8(5-7)14(19)20/h3-6,10,15H,1-2H3,(H,13,16)(H,17,18). The van der Waals surface area contributed by atoms with Crippen molar-refractivity contribution in [3.8, 4) is 5.75 Å². The highest BCUT2D eigenvalue weighted by Crippen LogP contribution is 2.27. The van der Waals surface area contributed by atoms with Crippen molar-refractivity contribution in [3.63, 3.8) is 0 Å². The monoisotopic (exact) mass is 298 g/mol. The number of nitro groups is 1. The summed E-state index contributed by atoms with van der Waals surface area (Å²) in [4.78, 5) is 32.9. The van der Waals surface area contributed by atoms with Crippen LogP contribution in [-0.2, 0) is 4.79 Å². The lowest BCUT2D eigenvalue weighted by Crippen LogP contribution is -2.47. The molecule has 0 bridgehead atoms. The van der Waals surface area contributed by atoms with Gasteiger partial charge in [0.05, 0.1) is 18.1 Å². The Labute approximate surface area is 119 Å². The molecule has 0 aliphatic carbocycles.